The van der Waals surface area contributed by atoms with E-state index < -0.39 is 15.6 Å². The molecule has 1 heterocycles. The van der Waals surface area contributed by atoms with Crippen LogP contribution in [-0.4, -0.2) is 12.4 Å². The van der Waals surface area contributed by atoms with Crippen molar-refractivity contribution in [1.29, 1.82) is 0 Å². The summed E-state index contributed by atoms with van der Waals surface area (Å²) >= 11 is 0. The van der Waals surface area contributed by atoms with Gasteiger partial charge < -0.3 is 0 Å². The zero-order valence-electron chi connectivity index (χ0n) is 17.5. The number of benzene rings is 4. The van der Waals surface area contributed by atoms with Gasteiger partial charge in [0.25, 0.3) is 15.6 Å². The van der Waals surface area contributed by atoms with Crippen LogP contribution in [0.2, 0.25) is 0 Å². The summed E-state index contributed by atoms with van der Waals surface area (Å²) in [4.78, 5) is 13.8. The molecule has 0 bridgehead atoms. The lowest BCUT2D eigenvalue weighted by Crippen LogP contribution is -2.28. The molecule has 154 valence electrons. The Labute approximate surface area is 180 Å². The molecule has 0 amide bonds. The van der Waals surface area contributed by atoms with Crippen LogP contribution in [0.25, 0.3) is 32.4 Å². The fraction of sp³-hybridized carbons (Fsp3) is 0.115. The van der Waals surface area contributed by atoms with Gasteiger partial charge in [-0.1, -0.05) is 54.1 Å². The second kappa shape index (κ2) is 6.79. The van der Waals surface area contributed by atoms with Gasteiger partial charge in [-0.25, -0.2) is 8.42 Å². The van der Waals surface area contributed by atoms with Crippen LogP contribution in [0.3, 0.4) is 0 Å². The van der Waals surface area contributed by atoms with Crippen molar-refractivity contribution in [3.8, 4) is 0 Å². The quantitative estimate of drug-likeness (QED) is 0.351. The molecule has 5 rings (SSSR count). The summed E-state index contributed by atoms with van der Waals surface area (Å²) in [5.74, 6) is 0. The lowest BCUT2D eigenvalue weighted by Gasteiger charge is -2.17. The van der Waals surface area contributed by atoms with Gasteiger partial charge in [0.2, 0.25) is 0 Å². The summed E-state index contributed by atoms with van der Waals surface area (Å²) in [7, 11) is -4.09. The highest BCUT2D eigenvalue weighted by molar-refractivity contribution is 7.90. The molecule has 0 aliphatic rings. The molecule has 5 heteroatoms. The molecule has 0 spiro atoms. The Balaban J connectivity index is 2.06. The number of hydrogen-bond donors (Lipinski definition) is 0. The maximum Gasteiger partial charge on any atom is 0.272 e. The minimum atomic E-state index is -4.09. The summed E-state index contributed by atoms with van der Waals surface area (Å²) in [5.41, 5.74) is 2.67. The molecule has 0 radical (unpaired) electrons. The molecule has 0 atom stereocenters. The van der Waals surface area contributed by atoms with Crippen LogP contribution in [0.5, 0.6) is 0 Å². The standard InChI is InChI=1S/C26H21NO3S/c1-16-8-11-20(12-9-16)31(29,30)27-23-15-17(2)14-18(3)24(23)25-21-7-5-4-6-19(21)10-13-22(25)26(27)28/h4-15H,1-3H3. The predicted molar refractivity (Wildman–Crippen MR) is 126 cm³/mol. The first-order valence-corrected chi connectivity index (χ1v) is 11.5. The molecule has 0 saturated carbocycles. The van der Waals surface area contributed by atoms with E-state index >= 15 is 0 Å². The SMILES string of the molecule is Cc1ccc(S(=O)(=O)n2c(=O)c3ccc4ccccc4c3c3c(C)cc(C)cc32)cc1. The maximum absolute atomic E-state index is 13.7. The molecule has 31 heavy (non-hydrogen) atoms. The van der Waals surface area contributed by atoms with Crippen LogP contribution in [0.1, 0.15) is 16.7 Å². The van der Waals surface area contributed by atoms with Gasteiger partial charge in [0.15, 0.2) is 0 Å². The predicted octanol–water partition coefficient (Wildman–Crippen LogP) is 5.47. The molecule has 0 unspecified atom stereocenters. The monoisotopic (exact) mass is 427 g/mol. The zero-order valence-corrected chi connectivity index (χ0v) is 18.3. The summed E-state index contributed by atoms with van der Waals surface area (Å²) in [6.45, 7) is 5.77. The number of pyridine rings is 1. The van der Waals surface area contributed by atoms with E-state index in [0.717, 1.165) is 42.2 Å². The van der Waals surface area contributed by atoms with E-state index in [1.807, 2.05) is 57.2 Å². The van der Waals surface area contributed by atoms with Crippen LogP contribution < -0.4 is 5.56 Å². The molecule has 0 aliphatic heterocycles. The molecule has 1 aromatic heterocycles. The highest BCUT2D eigenvalue weighted by Gasteiger charge is 2.25. The van der Waals surface area contributed by atoms with Gasteiger partial charge >= 0.3 is 0 Å². The Morgan fingerprint density at radius 1 is 0.710 bits per heavy atom. The van der Waals surface area contributed by atoms with E-state index in [-0.39, 0.29) is 4.90 Å². The first-order chi connectivity index (χ1) is 14.8. The molecular weight excluding hydrogens is 406 g/mol. The summed E-state index contributed by atoms with van der Waals surface area (Å²) in [6, 6.07) is 21.9. The number of nitrogens with zero attached hydrogens (tertiary/aromatic N) is 1. The van der Waals surface area contributed by atoms with Crippen LogP contribution in [-0.2, 0) is 10.0 Å². The van der Waals surface area contributed by atoms with Gasteiger partial charge in [-0.05, 0) is 66.9 Å². The van der Waals surface area contributed by atoms with Gasteiger partial charge in [0, 0.05) is 16.2 Å². The van der Waals surface area contributed by atoms with Crippen LogP contribution in [0.4, 0.5) is 0 Å². The molecule has 0 N–H and O–H groups in total. The van der Waals surface area contributed by atoms with Crippen molar-refractivity contribution in [2.24, 2.45) is 0 Å². The van der Waals surface area contributed by atoms with E-state index in [9.17, 15) is 13.2 Å². The molecule has 4 aromatic carbocycles. The first kappa shape index (κ1) is 19.5. The Bertz CT molecular complexity index is 1680. The van der Waals surface area contributed by atoms with Crippen molar-refractivity contribution in [2.75, 3.05) is 0 Å². The summed E-state index contributed by atoms with van der Waals surface area (Å²) in [5, 5.41) is 3.93. The minimum absolute atomic E-state index is 0.0980. The topological polar surface area (TPSA) is 56.1 Å². The highest BCUT2D eigenvalue weighted by Crippen LogP contribution is 2.34. The van der Waals surface area contributed by atoms with Gasteiger partial charge in [0.1, 0.15) is 0 Å². The fourth-order valence-electron chi connectivity index (χ4n) is 4.42. The lowest BCUT2D eigenvalue weighted by atomic mass is 9.96. The zero-order chi connectivity index (χ0) is 21.9. The van der Waals surface area contributed by atoms with Crippen molar-refractivity contribution in [3.63, 3.8) is 0 Å². The number of aryl methyl sites for hydroxylation is 3. The van der Waals surface area contributed by atoms with E-state index in [0.29, 0.717) is 10.9 Å². The lowest BCUT2D eigenvalue weighted by molar-refractivity contribution is 0.587. The maximum atomic E-state index is 13.7. The van der Waals surface area contributed by atoms with E-state index in [2.05, 4.69) is 0 Å². The van der Waals surface area contributed by atoms with E-state index in [4.69, 9.17) is 0 Å². The van der Waals surface area contributed by atoms with Crippen LogP contribution in [0.15, 0.2) is 82.5 Å². The number of fused-ring (bicyclic) bond motifs is 5. The Morgan fingerprint density at radius 3 is 2.16 bits per heavy atom. The van der Waals surface area contributed by atoms with Gasteiger partial charge in [-0.3, -0.25) is 4.79 Å². The second-order valence-electron chi connectivity index (χ2n) is 8.07. The van der Waals surface area contributed by atoms with Crippen molar-refractivity contribution in [3.05, 3.63) is 99.8 Å². The van der Waals surface area contributed by atoms with Gasteiger partial charge in [0.05, 0.1) is 10.4 Å². The molecule has 5 aromatic rings. The molecular formula is C26H21NO3S. The van der Waals surface area contributed by atoms with Crippen molar-refractivity contribution in [1.82, 2.24) is 3.97 Å². The third-order valence-corrected chi connectivity index (χ3v) is 7.54. The first-order valence-electron chi connectivity index (χ1n) is 10.1. The number of rotatable bonds is 2. The number of hydrogen-bond acceptors (Lipinski definition) is 3. The third-order valence-electron chi connectivity index (χ3n) is 5.83. The van der Waals surface area contributed by atoms with E-state index in [1.165, 1.54) is 0 Å². The molecule has 0 fully saturated rings. The Hall–Kier alpha value is -3.44. The minimum Gasteiger partial charge on any atom is -0.268 e. The molecule has 4 nitrogen and oxygen atoms in total. The average Bonchev–Trinajstić information content (AvgIpc) is 2.73. The second-order valence-corrected chi connectivity index (χ2v) is 9.86. The van der Waals surface area contributed by atoms with Crippen LogP contribution in [0, 0.1) is 20.8 Å². The highest BCUT2D eigenvalue weighted by atomic mass is 32.2. The van der Waals surface area contributed by atoms with Crippen molar-refractivity contribution >= 4 is 42.5 Å². The van der Waals surface area contributed by atoms with Crippen LogP contribution >= 0.6 is 0 Å². The van der Waals surface area contributed by atoms with Crippen molar-refractivity contribution < 1.29 is 8.42 Å². The Kier molecular flexibility index (Phi) is 4.27. The smallest absolute Gasteiger partial charge is 0.268 e. The van der Waals surface area contributed by atoms with Crippen molar-refractivity contribution in [2.45, 2.75) is 25.7 Å². The Morgan fingerprint density at radius 2 is 1.42 bits per heavy atom. The largest absolute Gasteiger partial charge is 0.272 e. The summed E-state index contributed by atoms with van der Waals surface area (Å²) < 4.78 is 28.3. The van der Waals surface area contributed by atoms with Gasteiger partial charge in [-0.2, -0.15) is 3.97 Å². The summed E-state index contributed by atoms with van der Waals surface area (Å²) in [6.07, 6.45) is 0. The van der Waals surface area contributed by atoms with E-state index in [1.54, 1.807) is 36.4 Å². The number of aromatic nitrogens is 1. The average molecular weight is 428 g/mol. The molecule has 0 aliphatic carbocycles. The molecule has 0 saturated heterocycles. The third kappa shape index (κ3) is 2.88. The normalized spacial score (nSPS) is 12.1. The van der Waals surface area contributed by atoms with Gasteiger partial charge in [-0.15, -0.1) is 0 Å². The fourth-order valence-corrected chi connectivity index (χ4v) is 5.83.